The van der Waals surface area contributed by atoms with Crippen molar-refractivity contribution in [3.05, 3.63) is 52.4 Å². The van der Waals surface area contributed by atoms with Gasteiger partial charge in [0.2, 0.25) is 0 Å². The van der Waals surface area contributed by atoms with Crippen LogP contribution in [0.2, 0.25) is 0 Å². The van der Waals surface area contributed by atoms with Gasteiger partial charge < -0.3 is 14.5 Å². The van der Waals surface area contributed by atoms with E-state index < -0.39 is 0 Å². The first kappa shape index (κ1) is 15.1. The predicted molar refractivity (Wildman–Crippen MR) is 84.1 cm³/mol. The molecule has 1 aromatic heterocycles. The summed E-state index contributed by atoms with van der Waals surface area (Å²) in [6.45, 7) is 7.02. The minimum absolute atomic E-state index is 0.0869. The molecule has 0 saturated carbocycles. The van der Waals surface area contributed by atoms with Crippen molar-refractivity contribution in [2.75, 3.05) is 6.54 Å². The van der Waals surface area contributed by atoms with E-state index in [9.17, 15) is 0 Å². The predicted octanol–water partition coefficient (Wildman–Crippen LogP) is 4.53. The number of benzene rings is 1. The van der Waals surface area contributed by atoms with Crippen LogP contribution in [0.1, 0.15) is 37.9 Å². The van der Waals surface area contributed by atoms with E-state index in [0.717, 1.165) is 28.1 Å². The lowest BCUT2D eigenvalue weighted by Gasteiger charge is -2.19. The van der Waals surface area contributed by atoms with Gasteiger partial charge >= 0.3 is 0 Å². The second kappa shape index (κ2) is 6.95. The molecule has 1 atom stereocenters. The molecule has 0 aliphatic heterocycles. The van der Waals surface area contributed by atoms with E-state index in [4.69, 9.17) is 9.15 Å². The summed E-state index contributed by atoms with van der Waals surface area (Å²) in [7, 11) is 0. The molecule has 0 spiro atoms. The van der Waals surface area contributed by atoms with Crippen molar-refractivity contribution < 1.29 is 9.15 Å². The number of hydrogen-bond acceptors (Lipinski definition) is 3. The van der Waals surface area contributed by atoms with Crippen LogP contribution in [0.4, 0.5) is 0 Å². The summed E-state index contributed by atoms with van der Waals surface area (Å²) >= 11 is 3.46. The van der Waals surface area contributed by atoms with Gasteiger partial charge in [0.1, 0.15) is 5.75 Å². The monoisotopic (exact) mass is 337 g/mol. The highest BCUT2D eigenvalue weighted by Crippen LogP contribution is 2.31. The van der Waals surface area contributed by atoms with E-state index >= 15 is 0 Å². The molecule has 3 nitrogen and oxygen atoms in total. The molecule has 1 heterocycles. The molecule has 0 aliphatic carbocycles. The highest BCUT2D eigenvalue weighted by molar-refractivity contribution is 9.10. The Bertz CT molecular complexity index is 551. The molecule has 0 amide bonds. The van der Waals surface area contributed by atoms with Gasteiger partial charge in [-0.15, -0.1) is 0 Å². The maximum atomic E-state index is 5.77. The maximum absolute atomic E-state index is 5.77. The summed E-state index contributed by atoms with van der Waals surface area (Å²) in [6, 6.07) is 10.2. The van der Waals surface area contributed by atoms with Gasteiger partial charge in [-0.25, -0.2) is 0 Å². The number of rotatable bonds is 6. The average Bonchev–Trinajstić information content (AvgIpc) is 2.81. The fourth-order valence-corrected chi connectivity index (χ4v) is 2.63. The first-order chi connectivity index (χ1) is 9.61. The second-order valence-electron chi connectivity index (χ2n) is 4.88. The molecular weight excluding hydrogens is 318 g/mol. The third-order valence-corrected chi connectivity index (χ3v) is 3.57. The summed E-state index contributed by atoms with van der Waals surface area (Å²) in [5, 5.41) is 3.48. The molecule has 108 valence electrons. The van der Waals surface area contributed by atoms with Crippen molar-refractivity contribution >= 4 is 15.9 Å². The van der Waals surface area contributed by atoms with Gasteiger partial charge in [0.25, 0.3) is 0 Å². The Labute approximate surface area is 128 Å². The summed E-state index contributed by atoms with van der Waals surface area (Å²) in [6.07, 6.45) is 1.86. The van der Waals surface area contributed by atoms with E-state index in [1.807, 2.05) is 32.0 Å². The number of hydrogen-bond donors (Lipinski definition) is 1. The van der Waals surface area contributed by atoms with Crippen LogP contribution in [-0.4, -0.2) is 12.6 Å². The third-order valence-electron chi connectivity index (χ3n) is 2.93. The number of ether oxygens (including phenoxy) is 1. The van der Waals surface area contributed by atoms with E-state index in [0.29, 0.717) is 0 Å². The summed E-state index contributed by atoms with van der Waals surface area (Å²) < 4.78 is 11.9. The van der Waals surface area contributed by atoms with Crippen LogP contribution in [0.25, 0.3) is 0 Å². The van der Waals surface area contributed by atoms with Gasteiger partial charge in [0, 0.05) is 5.56 Å². The lowest BCUT2D eigenvalue weighted by atomic mass is 10.0. The fourth-order valence-electron chi connectivity index (χ4n) is 2.16. The molecule has 1 unspecified atom stereocenters. The zero-order valence-electron chi connectivity index (χ0n) is 12.0. The Morgan fingerprint density at radius 3 is 2.70 bits per heavy atom. The molecule has 0 aliphatic rings. The standard InChI is InChI=1S/C16H20BrNO2/c1-4-18-15(14-8-9-19-16(14)17)12-6-5-7-13(10-12)20-11(2)3/h5-11,15,18H,4H2,1-3H3. The molecule has 2 aromatic rings. The van der Waals surface area contributed by atoms with Gasteiger partial charge in [-0.2, -0.15) is 0 Å². The molecule has 0 saturated heterocycles. The number of nitrogens with one attached hydrogen (secondary N) is 1. The average molecular weight is 338 g/mol. The van der Waals surface area contributed by atoms with Crippen LogP contribution >= 0.6 is 15.9 Å². The Morgan fingerprint density at radius 2 is 2.10 bits per heavy atom. The molecule has 0 radical (unpaired) electrons. The van der Waals surface area contributed by atoms with E-state index in [1.54, 1.807) is 6.26 Å². The van der Waals surface area contributed by atoms with Crippen molar-refractivity contribution in [2.45, 2.75) is 32.9 Å². The van der Waals surface area contributed by atoms with Crippen LogP contribution in [-0.2, 0) is 0 Å². The van der Waals surface area contributed by atoms with E-state index in [2.05, 4.69) is 40.3 Å². The second-order valence-corrected chi connectivity index (χ2v) is 5.60. The summed E-state index contributed by atoms with van der Waals surface area (Å²) in [5.74, 6) is 0.889. The fraction of sp³-hybridized carbons (Fsp3) is 0.375. The zero-order valence-corrected chi connectivity index (χ0v) is 13.6. The summed E-state index contributed by atoms with van der Waals surface area (Å²) in [5.41, 5.74) is 2.25. The number of furan rings is 1. The molecule has 1 N–H and O–H groups in total. The zero-order chi connectivity index (χ0) is 14.5. The normalized spacial score (nSPS) is 12.7. The largest absolute Gasteiger partial charge is 0.491 e. The van der Waals surface area contributed by atoms with Crippen LogP contribution in [0, 0.1) is 0 Å². The Balaban J connectivity index is 2.32. The topological polar surface area (TPSA) is 34.4 Å². The minimum atomic E-state index is 0.0869. The molecule has 0 bridgehead atoms. The van der Waals surface area contributed by atoms with Gasteiger partial charge in [-0.05, 0) is 60.1 Å². The Kier molecular flexibility index (Phi) is 5.26. The Morgan fingerprint density at radius 1 is 1.30 bits per heavy atom. The smallest absolute Gasteiger partial charge is 0.174 e. The molecule has 2 rings (SSSR count). The lowest BCUT2D eigenvalue weighted by Crippen LogP contribution is -2.22. The van der Waals surface area contributed by atoms with Crippen molar-refractivity contribution in [1.82, 2.24) is 5.32 Å². The third kappa shape index (κ3) is 3.64. The molecular formula is C16H20BrNO2. The van der Waals surface area contributed by atoms with Crippen LogP contribution in [0.15, 0.2) is 45.7 Å². The molecule has 1 aromatic carbocycles. The van der Waals surface area contributed by atoms with Gasteiger partial charge in [-0.3, -0.25) is 0 Å². The van der Waals surface area contributed by atoms with Gasteiger partial charge in [0.15, 0.2) is 4.67 Å². The van der Waals surface area contributed by atoms with Crippen LogP contribution < -0.4 is 10.1 Å². The quantitative estimate of drug-likeness (QED) is 0.840. The van der Waals surface area contributed by atoms with Gasteiger partial charge in [-0.1, -0.05) is 19.1 Å². The number of halogens is 1. The SMILES string of the molecule is CCNC(c1cccc(OC(C)C)c1)c1ccoc1Br. The van der Waals surface area contributed by atoms with Gasteiger partial charge in [0.05, 0.1) is 18.4 Å². The molecule has 4 heteroatoms. The minimum Gasteiger partial charge on any atom is -0.491 e. The van der Waals surface area contributed by atoms with Crippen molar-refractivity contribution in [3.8, 4) is 5.75 Å². The van der Waals surface area contributed by atoms with Crippen molar-refractivity contribution in [2.24, 2.45) is 0 Å². The first-order valence-electron chi connectivity index (χ1n) is 6.84. The molecule has 20 heavy (non-hydrogen) atoms. The van der Waals surface area contributed by atoms with Crippen LogP contribution in [0.3, 0.4) is 0 Å². The summed E-state index contributed by atoms with van der Waals surface area (Å²) in [4.78, 5) is 0. The van der Waals surface area contributed by atoms with Crippen LogP contribution in [0.5, 0.6) is 5.75 Å². The maximum Gasteiger partial charge on any atom is 0.174 e. The highest BCUT2D eigenvalue weighted by Gasteiger charge is 2.18. The van der Waals surface area contributed by atoms with E-state index in [-0.39, 0.29) is 12.1 Å². The Hall–Kier alpha value is -1.26. The van der Waals surface area contributed by atoms with Crippen molar-refractivity contribution in [3.63, 3.8) is 0 Å². The van der Waals surface area contributed by atoms with Crippen molar-refractivity contribution in [1.29, 1.82) is 0 Å². The first-order valence-corrected chi connectivity index (χ1v) is 7.64. The van der Waals surface area contributed by atoms with E-state index in [1.165, 1.54) is 0 Å². The lowest BCUT2D eigenvalue weighted by molar-refractivity contribution is 0.242. The molecule has 0 fully saturated rings. The highest BCUT2D eigenvalue weighted by atomic mass is 79.9.